The molecule has 4 atom stereocenters. The van der Waals surface area contributed by atoms with Gasteiger partial charge in [-0.05, 0) is 74.5 Å². The molecule has 0 spiro atoms. The molecule has 2 heterocycles. The first-order valence-corrected chi connectivity index (χ1v) is 11.4. The molecule has 0 N–H and O–H groups in total. The summed E-state index contributed by atoms with van der Waals surface area (Å²) >= 11 is 0. The van der Waals surface area contributed by atoms with Crippen molar-refractivity contribution in [3.63, 3.8) is 0 Å². The fourth-order valence-corrected chi connectivity index (χ4v) is 5.85. The third-order valence-corrected chi connectivity index (χ3v) is 7.57. The molecule has 1 amide bonds. The van der Waals surface area contributed by atoms with Crippen LogP contribution in [-0.2, 0) is 11.2 Å². The van der Waals surface area contributed by atoms with Gasteiger partial charge in [0, 0.05) is 31.1 Å². The molecule has 3 heteroatoms. The Balaban J connectivity index is 1.36. The smallest absolute Gasteiger partial charge is 0.227 e. The first-order chi connectivity index (χ1) is 13.3. The van der Waals surface area contributed by atoms with Gasteiger partial charge in [0.2, 0.25) is 5.91 Å². The number of benzene rings is 1. The number of fused-ring (bicyclic) bond motifs is 1. The monoisotopic (exact) mass is 382 g/mol. The second kappa shape index (κ2) is 7.82. The average Bonchev–Trinajstić information content (AvgIpc) is 3.34. The number of rotatable bonds is 4. The van der Waals surface area contributed by atoms with Gasteiger partial charge in [-0.3, -0.25) is 4.79 Å². The second-order valence-electron chi connectivity index (χ2n) is 10.6. The lowest BCUT2D eigenvalue weighted by atomic mass is 9.86. The number of amides is 1. The number of nitrogens with zero attached hydrogens (tertiary/aromatic N) is 2. The lowest BCUT2D eigenvalue weighted by molar-refractivity contribution is -0.138. The van der Waals surface area contributed by atoms with E-state index in [0.29, 0.717) is 23.7 Å². The van der Waals surface area contributed by atoms with E-state index in [1.54, 1.807) is 0 Å². The van der Waals surface area contributed by atoms with Crippen molar-refractivity contribution in [3.05, 3.63) is 35.4 Å². The molecule has 0 bridgehead atoms. The molecular weight excluding hydrogens is 344 g/mol. The van der Waals surface area contributed by atoms with E-state index in [9.17, 15) is 4.79 Å². The molecule has 1 aromatic carbocycles. The van der Waals surface area contributed by atoms with Crippen molar-refractivity contribution < 1.29 is 4.79 Å². The van der Waals surface area contributed by atoms with E-state index in [2.05, 4.69) is 41.0 Å². The van der Waals surface area contributed by atoms with Crippen molar-refractivity contribution in [2.75, 3.05) is 26.2 Å². The molecule has 0 radical (unpaired) electrons. The summed E-state index contributed by atoms with van der Waals surface area (Å²) in [5.41, 5.74) is 2.70. The predicted molar refractivity (Wildman–Crippen MR) is 115 cm³/mol. The lowest BCUT2D eigenvalue weighted by Gasteiger charge is -2.27. The van der Waals surface area contributed by atoms with Gasteiger partial charge in [0.1, 0.15) is 0 Å². The van der Waals surface area contributed by atoms with Crippen molar-refractivity contribution in [3.8, 4) is 0 Å². The highest BCUT2D eigenvalue weighted by Crippen LogP contribution is 2.48. The molecule has 28 heavy (non-hydrogen) atoms. The highest BCUT2D eigenvalue weighted by molar-refractivity contribution is 5.81. The van der Waals surface area contributed by atoms with E-state index < -0.39 is 0 Å². The van der Waals surface area contributed by atoms with Gasteiger partial charge in [-0.2, -0.15) is 0 Å². The van der Waals surface area contributed by atoms with Crippen molar-refractivity contribution in [2.24, 2.45) is 17.3 Å². The van der Waals surface area contributed by atoms with Crippen molar-refractivity contribution >= 4 is 5.91 Å². The van der Waals surface area contributed by atoms with Gasteiger partial charge < -0.3 is 9.80 Å². The second-order valence-corrected chi connectivity index (χ2v) is 10.6. The normalized spacial score (nSPS) is 30.8. The SMILES string of the molecule is CC1CCCN1CCc1ccc(C2CCC3CN(C(=O)C(C)(C)C)CC32)cc1. The first kappa shape index (κ1) is 19.9. The van der Waals surface area contributed by atoms with Crippen LogP contribution in [0.25, 0.3) is 0 Å². The summed E-state index contributed by atoms with van der Waals surface area (Å²) in [4.78, 5) is 17.5. The Morgan fingerprint density at radius 3 is 2.46 bits per heavy atom. The van der Waals surface area contributed by atoms with E-state index in [1.165, 1.54) is 49.9 Å². The molecule has 3 nitrogen and oxygen atoms in total. The molecule has 1 aliphatic carbocycles. The molecule has 154 valence electrons. The van der Waals surface area contributed by atoms with Crippen LogP contribution in [0.4, 0.5) is 0 Å². The minimum Gasteiger partial charge on any atom is -0.342 e. The van der Waals surface area contributed by atoms with Gasteiger partial charge in [0.05, 0.1) is 0 Å². The molecule has 2 saturated heterocycles. The molecule has 3 aliphatic rings. The van der Waals surface area contributed by atoms with E-state index >= 15 is 0 Å². The van der Waals surface area contributed by atoms with Crippen molar-refractivity contribution in [1.82, 2.24) is 9.80 Å². The summed E-state index contributed by atoms with van der Waals surface area (Å²) in [5, 5.41) is 0. The molecule has 0 aromatic heterocycles. The van der Waals surface area contributed by atoms with Crippen molar-refractivity contribution in [1.29, 1.82) is 0 Å². The van der Waals surface area contributed by atoms with Crippen LogP contribution in [0.15, 0.2) is 24.3 Å². The Labute approximate surface area is 171 Å². The maximum absolute atomic E-state index is 12.7. The fraction of sp³-hybridized carbons (Fsp3) is 0.720. The summed E-state index contributed by atoms with van der Waals surface area (Å²) in [6.45, 7) is 12.9. The van der Waals surface area contributed by atoms with Gasteiger partial charge in [-0.25, -0.2) is 0 Å². The van der Waals surface area contributed by atoms with Gasteiger partial charge in [-0.1, -0.05) is 45.0 Å². The predicted octanol–water partition coefficient (Wildman–Crippen LogP) is 4.71. The van der Waals surface area contributed by atoms with Crippen LogP contribution < -0.4 is 0 Å². The zero-order valence-corrected chi connectivity index (χ0v) is 18.3. The van der Waals surface area contributed by atoms with Crippen molar-refractivity contribution in [2.45, 2.75) is 71.8 Å². The summed E-state index contributed by atoms with van der Waals surface area (Å²) in [6.07, 6.45) is 6.45. The maximum atomic E-state index is 12.7. The van der Waals surface area contributed by atoms with Crippen LogP contribution in [0.3, 0.4) is 0 Å². The van der Waals surface area contributed by atoms with Gasteiger partial charge in [0.25, 0.3) is 0 Å². The number of likely N-dealkylation sites (tertiary alicyclic amines) is 2. The third-order valence-electron chi connectivity index (χ3n) is 7.57. The Hall–Kier alpha value is -1.35. The summed E-state index contributed by atoms with van der Waals surface area (Å²) in [7, 11) is 0. The van der Waals surface area contributed by atoms with Crippen LogP contribution in [0.1, 0.15) is 70.4 Å². The molecule has 4 unspecified atom stereocenters. The minimum absolute atomic E-state index is 0.261. The van der Waals surface area contributed by atoms with Crippen LogP contribution in [-0.4, -0.2) is 47.9 Å². The van der Waals surface area contributed by atoms with E-state index in [1.807, 2.05) is 20.8 Å². The fourth-order valence-electron chi connectivity index (χ4n) is 5.85. The highest BCUT2D eigenvalue weighted by Gasteiger charge is 2.45. The molecule has 1 saturated carbocycles. The van der Waals surface area contributed by atoms with Crippen LogP contribution in [0.2, 0.25) is 0 Å². The summed E-state index contributed by atoms with van der Waals surface area (Å²) in [5.74, 6) is 2.32. The first-order valence-electron chi connectivity index (χ1n) is 11.4. The zero-order chi connectivity index (χ0) is 19.9. The third kappa shape index (κ3) is 4.01. The van der Waals surface area contributed by atoms with E-state index in [4.69, 9.17) is 0 Å². The van der Waals surface area contributed by atoms with Crippen LogP contribution >= 0.6 is 0 Å². The van der Waals surface area contributed by atoms with Gasteiger partial charge in [0.15, 0.2) is 0 Å². The van der Waals surface area contributed by atoms with E-state index in [0.717, 1.165) is 25.6 Å². The lowest BCUT2D eigenvalue weighted by Crippen LogP contribution is -2.38. The molecule has 1 aromatic rings. The number of carbonyl (C=O) groups excluding carboxylic acids is 1. The number of hydrogen-bond acceptors (Lipinski definition) is 2. The molecule has 3 fully saturated rings. The Bertz CT molecular complexity index is 689. The highest BCUT2D eigenvalue weighted by atomic mass is 16.2. The number of hydrogen-bond donors (Lipinski definition) is 0. The quantitative estimate of drug-likeness (QED) is 0.753. The van der Waals surface area contributed by atoms with Crippen LogP contribution in [0, 0.1) is 17.3 Å². The molecule has 2 aliphatic heterocycles. The summed E-state index contributed by atoms with van der Waals surface area (Å²) < 4.78 is 0. The van der Waals surface area contributed by atoms with Gasteiger partial charge >= 0.3 is 0 Å². The maximum Gasteiger partial charge on any atom is 0.227 e. The topological polar surface area (TPSA) is 23.6 Å². The minimum atomic E-state index is -0.261. The standard InChI is InChI=1S/C25H38N2O/c1-18-6-5-14-26(18)15-13-19-7-9-20(10-8-19)22-12-11-21-16-27(17-23(21)22)24(28)25(2,3)4/h7-10,18,21-23H,5-6,11-17H2,1-4H3. The van der Waals surface area contributed by atoms with Gasteiger partial charge in [-0.15, -0.1) is 0 Å². The Morgan fingerprint density at radius 2 is 1.82 bits per heavy atom. The van der Waals surface area contributed by atoms with Crippen LogP contribution in [0.5, 0.6) is 0 Å². The average molecular weight is 383 g/mol. The largest absolute Gasteiger partial charge is 0.342 e. The zero-order valence-electron chi connectivity index (χ0n) is 18.3. The molecular formula is C25H38N2O. The Kier molecular flexibility index (Phi) is 5.57. The Morgan fingerprint density at radius 1 is 1.07 bits per heavy atom. The molecule has 4 rings (SSSR count). The van der Waals surface area contributed by atoms with E-state index in [-0.39, 0.29) is 5.41 Å². The summed E-state index contributed by atoms with van der Waals surface area (Å²) in [6, 6.07) is 10.2. The number of carbonyl (C=O) groups is 1.